The van der Waals surface area contributed by atoms with Crippen molar-refractivity contribution in [2.45, 2.75) is 0 Å². The van der Waals surface area contributed by atoms with Crippen molar-refractivity contribution in [1.29, 1.82) is 0 Å². The number of methoxy groups -OCH3 is 1. The van der Waals surface area contributed by atoms with E-state index in [0.717, 1.165) is 6.21 Å². The third kappa shape index (κ3) is 3.99. The molecule has 0 atom stereocenters. The zero-order valence-corrected chi connectivity index (χ0v) is 15.6. The van der Waals surface area contributed by atoms with Gasteiger partial charge >= 0.3 is 0 Å². The summed E-state index contributed by atoms with van der Waals surface area (Å²) in [6, 6.07) is 15.2. The lowest BCUT2D eigenvalue weighted by atomic mass is 10.2. The van der Waals surface area contributed by atoms with E-state index in [1.165, 1.54) is 11.7 Å². The second kappa shape index (κ2) is 8.31. The molecule has 3 aromatic rings. The zero-order valence-electron chi connectivity index (χ0n) is 14.7. The van der Waals surface area contributed by atoms with Crippen LogP contribution in [-0.2, 0) is 0 Å². The first-order chi connectivity index (χ1) is 13.5. The molecule has 0 fully saturated rings. The number of aromatic amines is 1. The summed E-state index contributed by atoms with van der Waals surface area (Å²) >= 11 is 5.16. The average Bonchev–Trinajstić information content (AvgIpc) is 2.71. The Kier molecular flexibility index (Phi) is 5.66. The number of hydrogen-bond donors (Lipinski definition) is 3. The summed E-state index contributed by atoms with van der Waals surface area (Å²) in [6.45, 7) is 0. The predicted molar refractivity (Wildman–Crippen MR) is 107 cm³/mol. The van der Waals surface area contributed by atoms with Crippen LogP contribution in [-0.4, -0.2) is 33.9 Å². The van der Waals surface area contributed by atoms with Crippen LogP contribution in [0, 0.1) is 4.77 Å². The van der Waals surface area contributed by atoms with Crippen molar-refractivity contribution in [3.05, 3.63) is 80.8 Å². The SMILES string of the molecule is COc1cccc(-n2c(O)c(C=NNC(=O)c3ccccc3)c(=O)[nH]c2=S)c1. The molecule has 0 radical (unpaired) electrons. The molecule has 0 aliphatic rings. The van der Waals surface area contributed by atoms with Crippen LogP contribution in [0.25, 0.3) is 5.69 Å². The second-order valence-corrected chi connectivity index (χ2v) is 5.99. The Hall–Kier alpha value is -3.72. The van der Waals surface area contributed by atoms with Gasteiger partial charge in [-0.3, -0.25) is 19.1 Å². The number of H-pyrrole nitrogens is 1. The zero-order chi connectivity index (χ0) is 20.1. The van der Waals surface area contributed by atoms with Crippen molar-refractivity contribution in [2.24, 2.45) is 5.10 Å². The summed E-state index contributed by atoms with van der Waals surface area (Å²) in [4.78, 5) is 26.7. The van der Waals surface area contributed by atoms with Gasteiger partial charge in [0.1, 0.15) is 11.3 Å². The largest absolute Gasteiger partial charge is 0.497 e. The van der Waals surface area contributed by atoms with Gasteiger partial charge in [0.05, 0.1) is 19.0 Å². The normalized spacial score (nSPS) is 10.8. The maximum absolute atomic E-state index is 12.2. The molecule has 0 aliphatic heterocycles. The molecule has 0 saturated heterocycles. The molecule has 3 rings (SSSR count). The minimum Gasteiger partial charge on any atom is -0.497 e. The molecular formula is C19H16N4O4S. The summed E-state index contributed by atoms with van der Waals surface area (Å²) in [5.41, 5.74) is 2.40. The predicted octanol–water partition coefficient (Wildman–Crippen LogP) is 2.37. The Morgan fingerprint density at radius 1 is 1.25 bits per heavy atom. The van der Waals surface area contributed by atoms with Gasteiger partial charge in [-0.2, -0.15) is 5.10 Å². The molecule has 0 saturated carbocycles. The molecule has 0 spiro atoms. The number of hydrogen-bond acceptors (Lipinski definition) is 6. The Labute approximate surface area is 164 Å². The molecule has 1 amide bonds. The fraction of sp³-hybridized carbons (Fsp3) is 0.0526. The van der Waals surface area contributed by atoms with Gasteiger partial charge < -0.3 is 9.84 Å². The number of nitrogens with one attached hydrogen (secondary N) is 2. The quantitative estimate of drug-likeness (QED) is 0.349. The molecule has 2 aromatic carbocycles. The average molecular weight is 396 g/mol. The first kappa shape index (κ1) is 19.1. The fourth-order valence-corrected chi connectivity index (χ4v) is 2.74. The van der Waals surface area contributed by atoms with Crippen LogP contribution in [0.15, 0.2) is 64.5 Å². The van der Waals surface area contributed by atoms with Crippen LogP contribution in [0.2, 0.25) is 0 Å². The first-order valence-corrected chi connectivity index (χ1v) is 8.53. The van der Waals surface area contributed by atoms with Crippen molar-refractivity contribution in [3.8, 4) is 17.3 Å². The molecule has 0 aliphatic carbocycles. The number of aromatic nitrogens is 2. The molecule has 28 heavy (non-hydrogen) atoms. The summed E-state index contributed by atoms with van der Waals surface area (Å²) < 4.78 is 6.43. The number of carbonyl (C=O) groups is 1. The van der Waals surface area contributed by atoms with Gasteiger partial charge in [0.15, 0.2) is 4.77 Å². The van der Waals surface area contributed by atoms with Crippen LogP contribution in [0.3, 0.4) is 0 Å². The Morgan fingerprint density at radius 2 is 2.00 bits per heavy atom. The maximum atomic E-state index is 12.2. The lowest BCUT2D eigenvalue weighted by molar-refractivity contribution is 0.0955. The number of nitrogens with zero attached hydrogens (tertiary/aromatic N) is 2. The van der Waals surface area contributed by atoms with E-state index in [1.54, 1.807) is 54.6 Å². The Balaban J connectivity index is 1.95. The highest BCUT2D eigenvalue weighted by Gasteiger charge is 2.13. The number of ether oxygens (including phenoxy) is 1. The summed E-state index contributed by atoms with van der Waals surface area (Å²) in [6.07, 6.45) is 1.06. The number of benzene rings is 2. The summed E-state index contributed by atoms with van der Waals surface area (Å²) in [5.74, 6) is -0.316. The molecule has 1 aromatic heterocycles. The number of carbonyl (C=O) groups excluding carboxylic acids is 1. The number of hydrazone groups is 1. The van der Waals surface area contributed by atoms with Crippen LogP contribution < -0.4 is 15.7 Å². The van der Waals surface area contributed by atoms with Gasteiger partial charge in [0.2, 0.25) is 5.88 Å². The van der Waals surface area contributed by atoms with E-state index < -0.39 is 17.3 Å². The third-order valence-electron chi connectivity index (χ3n) is 3.83. The van der Waals surface area contributed by atoms with E-state index in [1.807, 2.05) is 0 Å². The first-order valence-electron chi connectivity index (χ1n) is 8.12. The number of rotatable bonds is 5. The molecule has 1 heterocycles. The second-order valence-electron chi connectivity index (χ2n) is 5.60. The smallest absolute Gasteiger partial charge is 0.271 e. The van der Waals surface area contributed by atoms with Crippen molar-refractivity contribution in [2.75, 3.05) is 7.11 Å². The molecular weight excluding hydrogens is 380 g/mol. The maximum Gasteiger partial charge on any atom is 0.271 e. The van der Waals surface area contributed by atoms with Crippen LogP contribution in [0.1, 0.15) is 15.9 Å². The standard InChI is InChI=1S/C19H16N4O4S/c1-27-14-9-5-8-13(10-14)23-18(26)15(17(25)21-19(23)28)11-20-22-16(24)12-6-3-2-4-7-12/h2-11,26H,1H3,(H,22,24)(H,21,25,28). The lowest BCUT2D eigenvalue weighted by Crippen LogP contribution is -2.21. The third-order valence-corrected chi connectivity index (χ3v) is 4.11. The van der Waals surface area contributed by atoms with Crippen molar-refractivity contribution in [3.63, 3.8) is 0 Å². The number of aromatic hydroxyl groups is 1. The fourth-order valence-electron chi connectivity index (χ4n) is 2.45. The van der Waals surface area contributed by atoms with E-state index >= 15 is 0 Å². The monoisotopic (exact) mass is 396 g/mol. The minimum atomic E-state index is -0.639. The number of amides is 1. The van der Waals surface area contributed by atoms with Crippen LogP contribution in [0.4, 0.5) is 0 Å². The molecule has 142 valence electrons. The van der Waals surface area contributed by atoms with Crippen LogP contribution in [0.5, 0.6) is 11.6 Å². The van der Waals surface area contributed by atoms with Gasteiger partial charge in [-0.15, -0.1) is 0 Å². The highest BCUT2D eigenvalue weighted by Crippen LogP contribution is 2.22. The van der Waals surface area contributed by atoms with Gasteiger partial charge in [-0.1, -0.05) is 24.3 Å². The summed E-state index contributed by atoms with van der Waals surface area (Å²) in [5, 5.41) is 14.3. The van der Waals surface area contributed by atoms with Gasteiger partial charge in [0.25, 0.3) is 11.5 Å². The van der Waals surface area contributed by atoms with Crippen molar-refractivity contribution >= 4 is 24.3 Å². The van der Waals surface area contributed by atoms with E-state index in [2.05, 4.69) is 15.5 Å². The van der Waals surface area contributed by atoms with Crippen molar-refractivity contribution in [1.82, 2.24) is 15.0 Å². The highest BCUT2D eigenvalue weighted by molar-refractivity contribution is 7.71. The highest BCUT2D eigenvalue weighted by atomic mass is 32.1. The molecule has 0 bridgehead atoms. The van der Waals surface area contributed by atoms with Crippen LogP contribution >= 0.6 is 12.2 Å². The summed E-state index contributed by atoms with van der Waals surface area (Å²) in [7, 11) is 1.51. The van der Waals surface area contributed by atoms with E-state index in [4.69, 9.17) is 17.0 Å². The Bertz CT molecular complexity index is 1150. The van der Waals surface area contributed by atoms with Crippen molar-refractivity contribution < 1.29 is 14.6 Å². The molecule has 0 unspecified atom stereocenters. The van der Waals surface area contributed by atoms with E-state index in [9.17, 15) is 14.7 Å². The lowest BCUT2D eigenvalue weighted by Gasteiger charge is -2.12. The van der Waals surface area contributed by atoms with Gasteiger partial charge in [-0.05, 0) is 36.5 Å². The molecule has 3 N–H and O–H groups in total. The molecule has 9 heteroatoms. The Morgan fingerprint density at radius 3 is 2.71 bits per heavy atom. The van der Waals surface area contributed by atoms with E-state index in [0.29, 0.717) is 17.0 Å². The topological polar surface area (TPSA) is 109 Å². The molecule has 8 nitrogen and oxygen atoms in total. The minimum absolute atomic E-state index is 0.00113. The van der Waals surface area contributed by atoms with Gasteiger partial charge in [-0.25, -0.2) is 5.43 Å². The van der Waals surface area contributed by atoms with Gasteiger partial charge in [0, 0.05) is 11.6 Å². The van der Waals surface area contributed by atoms with E-state index in [-0.39, 0.29) is 10.3 Å².